The molecule has 9 nitrogen and oxygen atoms in total. The van der Waals surface area contributed by atoms with Crippen LogP contribution >= 0.6 is 0 Å². The highest BCUT2D eigenvalue weighted by Gasteiger charge is 2.49. The Kier molecular flexibility index (Phi) is 8.06. The lowest BCUT2D eigenvalue weighted by Crippen LogP contribution is -2.50. The number of amides is 1. The van der Waals surface area contributed by atoms with Crippen LogP contribution in [-0.2, 0) is 4.74 Å². The van der Waals surface area contributed by atoms with Crippen LogP contribution in [0.3, 0.4) is 0 Å². The lowest BCUT2D eigenvalue weighted by atomic mass is 9.95. The third-order valence-electron chi connectivity index (χ3n) is 9.50. The van der Waals surface area contributed by atoms with Crippen molar-refractivity contribution in [3.8, 4) is 29.6 Å². The van der Waals surface area contributed by atoms with Crippen molar-refractivity contribution in [2.24, 2.45) is 0 Å². The smallest absolute Gasteiger partial charge is 0.410 e. The van der Waals surface area contributed by atoms with E-state index in [1.54, 1.807) is 29.2 Å². The number of terminal acetylenes is 1. The number of anilines is 1. The van der Waals surface area contributed by atoms with Crippen LogP contribution < -0.4 is 9.64 Å². The Hall–Kier alpha value is -4.63. The Morgan fingerprint density at radius 2 is 1.90 bits per heavy atom. The molecule has 0 radical (unpaired) electrons. The van der Waals surface area contributed by atoms with Crippen molar-refractivity contribution in [2.45, 2.75) is 57.3 Å². The molecular weight excluding hydrogens is 621 g/mol. The molecule has 2 aromatic heterocycles. The molecule has 1 amide bonds. The molecule has 3 aliphatic rings. The molecular formula is C36H37F3N6O3. The summed E-state index contributed by atoms with van der Waals surface area (Å²) in [7, 11) is 0. The van der Waals surface area contributed by atoms with Gasteiger partial charge in [-0.05, 0) is 51.6 Å². The molecule has 7 rings (SSSR count). The Bertz CT molecular complexity index is 1950. The Balaban J connectivity index is 1.29. The molecule has 2 aromatic carbocycles. The summed E-state index contributed by atoms with van der Waals surface area (Å²) in [4.78, 5) is 32.2. The molecule has 250 valence electrons. The van der Waals surface area contributed by atoms with Crippen LogP contribution in [0.1, 0.15) is 45.6 Å². The maximum Gasteiger partial charge on any atom is 0.410 e. The largest absolute Gasteiger partial charge is 0.461 e. The number of benzene rings is 2. The van der Waals surface area contributed by atoms with Crippen LogP contribution in [0.4, 0.5) is 23.8 Å². The van der Waals surface area contributed by atoms with Gasteiger partial charge in [0, 0.05) is 56.3 Å². The summed E-state index contributed by atoms with van der Waals surface area (Å²) in [5.74, 6) is 1.48. The van der Waals surface area contributed by atoms with Crippen molar-refractivity contribution in [1.29, 1.82) is 0 Å². The van der Waals surface area contributed by atoms with E-state index in [1.165, 1.54) is 12.3 Å². The molecule has 12 heteroatoms. The molecule has 3 saturated heterocycles. The highest BCUT2D eigenvalue weighted by Crippen LogP contribution is 2.41. The molecule has 3 aliphatic heterocycles. The average Bonchev–Trinajstić information content (AvgIpc) is 3.58. The number of nitrogens with zero attached hydrogens (tertiary/aromatic N) is 6. The highest BCUT2D eigenvalue weighted by molar-refractivity contribution is 6.02. The summed E-state index contributed by atoms with van der Waals surface area (Å²) >= 11 is 0. The number of pyridine rings is 1. The Morgan fingerprint density at radius 3 is 2.65 bits per heavy atom. The number of carbonyl (C=O) groups excluding carboxylic acids is 1. The number of ether oxygens (including phenoxy) is 2. The minimum Gasteiger partial charge on any atom is -0.461 e. The van der Waals surface area contributed by atoms with Crippen molar-refractivity contribution >= 4 is 33.6 Å². The molecule has 0 spiro atoms. The van der Waals surface area contributed by atoms with Crippen LogP contribution in [0.2, 0.25) is 0 Å². The number of piperazine rings is 1. The first-order chi connectivity index (χ1) is 23.0. The van der Waals surface area contributed by atoms with Gasteiger partial charge in [-0.2, -0.15) is 9.97 Å². The summed E-state index contributed by atoms with van der Waals surface area (Å²) in [5.41, 5.74) is -0.816. The summed E-state index contributed by atoms with van der Waals surface area (Å²) in [6, 6.07) is 8.00. The number of rotatable bonds is 5. The summed E-state index contributed by atoms with van der Waals surface area (Å²) in [5, 5.41) is 1.36. The molecule has 48 heavy (non-hydrogen) atoms. The number of hydrogen-bond donors (Lipinski definition) is 0. The normalized spacial score (nSPS) is 21.5. The van der Waals surface area contributed by atoms with Gasteiger partial charge >= 0.3 is 12.1 Å². The van der Waals surface area contributed by atoms with Gasteiger partial charge in [0.2, 0.25) is 0 Å². The van der Waals surface area contributed by atoms with Gasteiger partial charge < -0.3 is 19.3 Å². The lowest BCUT2D eigenvalue weighted by Gasteiger charge is -2.36. The van der Waals surface area contributed by atoms with Crippen LogP contribution in [-0.4, -0.2) is 94.0 Å². The molecule has 2 atom stereocenters. The van der Waals surface area contributed by atoms with Gasteiger partial charge in [0.05, 0.1) is 16.5 Å². The van der Waals surface area contributed by atoms with E-state index in [0.29, 0.717) is 66.7 Å². The number of halogens is 3. The summed E-state index contributed by atoms with van der Waals surface area (Å²) in [6.45, 7) is 8.28. The molecule has 4 aromatic rings. The second kappa shape index (κ2) is 12.1. The minimum atomic E-state index is -0.937. The van der Waals surface area contributed by atoms with Gasteiger partial charge in [-0.3, -0.25) is 9.88 Å². The molecule has 3 fully saturated rings. The number of aromatic nitrogens is 3. The monoisotopic (exact) mass is 658 g/mol. The standard InChI is InChI=1S/C36H37F3N6O3/c1-5-24-27(38)11-10-22-8-6-9-25(28(22)24)30-29(39)31-26(19-40-30)32(43-14-16-44(17-15-43)34(46)48-35(2,3)4)42-33(41-31)47-21-36-12-7-13-45(36)20-23(37)18-36/h1,6,8-11,19,23H,7,12-18,20-21H2,2-4H3/t23-,36+/m1/s1. The quantitative estimate of drug-likeness (QED) is 0.238. The van der Waals surface area contributed by atoms with Crippen molar-refractivity contribution in [2.75, 3.05) is 50.8 Å². The van der Waals surface area contributed by atoms with Gasteiger partial charge in [0.15, 0.2) is 5.82 Å². The molecule has 0 N–H and O–H groups in total. The van der Waals surface area contributed by atoms with E-state index >= 15 is 4.39 Å². The zero-order chi connectivity index (χ0) is 33.8. The third-order valence-corrected chi connectivity index (χ3v) is 9.50. The maximum absolute atomic E-state index is 16.8. The highest BCUT2D eigenvalue weighted by atomic mass is 19.1. The SMILES string of the molecule is C#Cc1c(F)ccc2cccc(-c3ncc4c(N5CCN(C(=O)OC(C)(C)C)CC5)nc(OC[C@@]56CCCN5C[C@H](F)C6)nc4c3F)c12. The van der Waals surface area contributed by atoms with Crippen molar-refractivity contribution < 1.29 is 27.4 Å². The average molecular weight is 659 g/mol. The zero-order valence-electron chi connectivity index (χ0n) is 27.2. The topological polar surface area (TPSA) is 83.9 Å². The molecule has 0 saturated carbocycles. The van der Waals surface area contributed by atoms with E-state index in [4.69, 9.17) is 20.9 Å². The van der Waals surface area contributed by atoms with E-state index in [1.807, 2.05) is 25.7 Å². The van der Waals surface area contributed by atoms with E-state index in [0.717, 1.165) is 19.4 Å². The fourth-order valence-electron chi connectivity index (χ4n) is 7.28. The predicted octanol–water partition coefficient (Wildman–Crippen LogP) is 6.12. The first kappa shape index (κ1) is 31.9. The number of fused-ring (bicyclic) bond motifs is 3. The summed E-state index contributed by atoms with van der Waals surface area (Å²) < 4.78 is 57.8. The maximum atomic E-state index is 16.8. The number of carbonyl (C=O) groups is 1. The van der Waals surface area contributed by atoms with Crippen LogP contribution in [0.5, 0.6) is 6.01 Å². The third kappa shape index (κ3) is 5.74. The minimum absolute atomic E-state index is 0.0164. The number of hydrogen-bond acceptors (Lipinski definition) is 8. The van der Waals surface area contributed by atoms with Crippen molar-refractivity contribution in [1.82, 2.24) is 24.8 Å². The summed E-state index contributed by atoms with van der Waals surface area (Å²) in [6.07, 6.45) is 7.95. The molecule has 5 heterocycles. The molecule has 0 aliphatic carbocycles. The van der Waals surface area contributed by atoms with E-state index in [9.17, 15) is 13.6 Å². The first-order valence-corrected chi connectivity index (χ1v) is 16.3. The van der Waals surface area contributed by atoms with E-state index in [2.05, 4.69) is 20.8 Å². The number of alkyl halides is 1. The zero-order valence-corrected chi connectivity index (χ0v) is 27.2. The Labute approximate surface area is 277 Å². The fourth-order valence-corrected chi connectivity index (χ4v) is 7.28. The predicted molar refractivity (Wildman–Crippen MR) is 177 cm³/mol. The lowest BCUT2D eigenvalue weighted by molar-refractivity contribution is 0.0240. The Morgan fingerprint density at radius 1 is 1.10 bits per heavy atom. The van der Waals surface area contributed by atoms with Gasteiger partial charge in [-0.15, -0.1) is 6.42 Å². The molecule has 0 bridgehead atoms. The second-order valence-electron chi connectivity index (χ2n) is 13.8. The van der Waals surface area contributed by atoms with Crippen LogP contribution in [0.25, 0.3) is 32.9 Å². The molecule has 0 unspecified atom stereocenters. The van der Waals surface area contributed by atoms with E-state index in [-0.39, 0.29) is 29.4 Å². The first-order valence-electron chi connectivity index (χ1n) is 16.3. The van der Waals surface area contributed by atoms with Gasteiger partial charge in [0.1, 0.15) is 41.2 Å². The van der Waals surface area contributed by atoms with Crippen LogP contribution in [0.15, 0.2) is 36.5 Å². The van der Waals surface area contributed by atoms with Gasteiger partial charge in [-0.25, -0.2) is 18.0 Å². The fraction of sp³-hybridized carbons (Fsp3) is 0.444. The van der Waals surface area contributed by atoms with Gasteiger partial charge in [-0.1, -0.05) is 30.2 Å². The van der Waals surface area contributed by atoms with Gasteiger partial charge in [0.25, 0.3) is 0 Å². The van der Waals surface area contributed by atoms with Crippen molar-refractivity contribution in [3.05, 3.63) is 53.7 Å². The van der Waals surface area contributed by atoms with Crippen LogP contribution in [0, 0.1) is 24.0 Å². The van der Waals surface area contributed by atoms with E-state index < -0.39 is 35.0 Å². The van der Waals surface area contributed by atoms with Crippen molar-refractivity contribution in [3.63, 3.8) is 0 Å². The second-order valence-corrected chi connectivity index (χ2v) is 13.8.